The molecule has 3 rings (SSSR count). The molecule has 0 radical (unpaired) electrons. The number of nitrogens with one attached hydrogen (secondary N) is 1. The molecule has 22 heavy (non-hydrogen) atoms. The number of hydrogen-bond donors (Lipinski definition) is 2. The maximum absolute atomic E-state index is 13.2. The number of aryl methyl sites for hydroxylation is 2. The maximum atomic E-state index is 13.2. The number of amides is 1. The largest absolute Gasteiger partial charge is 0.365 e. The van der Waals surface area contributed by atoms with Crippen molar-refractivity contribution >= 4 is 39.0 Å². The van der Waals surface area contributed by atoms with Crippen molar-refractivity contribution < 1.29 is 9.18 Å². The predicted octanol–water partition coefficient (Wildman–Crippen LogP) is 3.29. The number of carbonyl (C=O) groups excluding carboxylic acids is 1. The Morgan fingerprint density at radius 2 is 2.09 bits per heavy atom. The fourth-order valence-corrected chi connectivity index (χ4v) is 3.30. The minimum absolute atomic E-state index is 0.293. The van der Waals surface area contributed by atoms with Crippen LogP contribution in [0.5, 0.6) is 0 Å². The Labute approximate surface area is 130 Å². The second kappa shape index (κ2) is 5.34. The lowest BCUT2D eigenvalue weighted by Gasteiger charge is -2.10. The molecular weight excluding hydrogens is 303 g/mol. The Balaban J connectivity index is 2.13. The zero-order valence-corrected chi connectivity index (χ0v) is 12.8. The molecule has 0 atom stereocenters. The number of primary amides is 1. The van der Waals surface area contributed by atoms with E-state index in [-0.39, 0.29) is 5.82 Å². The van der Waals surface area contributed by atoms with E-state index in [1.165, 1.54) is 29.8 Å². The number of anilines is 2. The van der Waals surface area contributed by atoms with Gasteiger partial charge in [-0.15, -0.1) is 11.3 Å². The average molecular weight is 316 g/mol. The zero-order chi connectivity index (χ0) is 15.9. The van der Waals surface area contributed by atoms with Crippen LogP contribution in [0.2, 0.25) is 0 Å². The first kappa shape index (κ1) is 14.4. The van der Waals surface area contributed by atoms with Crippen LogP contribution in [0.1, 0.15) is 20.8 Å². The van der Waals surface area contributed by atoms with E-state index in [1.807, 2.05) is 6.92 Å². The highest BCUT2D eigenvalue weighted by atomic mass is 32.1. The van der Waals surface area contributed by atoms with Gasteiger partial charge in [0.1, 0.15) is 22.8 Å². The molecule has 3 N–H and O–H groups in total. The Hall–Kier alpha value is -2.54. The first-order chi connectivity index (χ1) is 10.5. The van der Waals surface area contributed by atoms with Gasteiger partial charge >= 0.3 is 0 Å². The summed E-state index contributed by atoms with van der Waals surface area (Å²) in [4.78, 5) is 21.0. The standard InChI is InChI=1S/C15H13FN4OS/c1-7-5-9(16)3-4-10(7)20-14-11-8(2)12(13(17)21)22-15(11)19-6-18-14/h3-6H,1-2H3,(H2,17,21)(H,18,19,20). The van der Waals surface area contributed by atoms with Crippen LogP contribution in [0.25, 0.3) is 10.2 Å². The monoisotopic (exact) mass is 316 g/mol. The molecular formula is C15H13FN4OS. The lowest BCUT2D eigenvalue weighted by atomic mass is 10.1. The van der Waals surface area contributed by atoms with Gasteiger partial charge in [0.2, 0.25) is 0 Å². The molecule has 1 aromatic carbocycles. The Kier molecular flexibility index (Phi) is 3.50. The van der Waals surface area contributed by atoms with E-state index in [4.69, 9.17) is 5.73 Å². The SMILES string of the molecule is Cc1cc(F)ccc1Nc1ncnc2sc(C(N)=O)c(C)c12. The number of carbonyl (C=O) groups is 1. The van der Waals surface area contributed by atoms with Crippen LogP contribution in [-0.4, -0.2) is 15.9 Å². The van der Waals surface area contributed by atoms with Gasteiger partial charge in [-0.3, -0.25) is 4.79 Å². The van der Waals surface area contributed by atoms with Gasteiger partial charge in [-0.05, 0) is 43.2 Å². The van der Waals surface area contributed by atoms with Gasteiger partial charge in [0.05, 0.1) is 10.3 Å². The molecule has 0 saturated heterocycles. The third-order valence-corrected chi connectivity index (χ3v) is 4.61. The van der Waals surface area contributed by atoms with Crippen LogP contribution in [0.3, 0.4) is 0 Å². The van der Waals surface area contributed by atoms with Crippen LogP contribution in [-0.2, 0) is 0 Å². The molecule has 5 nitrogen and oxygen atoms in total. The van der Waals surface area contributed by atoms with Gasteiger partial charge in [-0.25, -0.2) is 14.4 Å². The third-order valence-electron chi connectivity index (χ3n) is 3.39. The summed E-state index contributed by atoms with van der Waals surface area (Å²) < 4.78 is 13.2. The molecule has 3 aromatic rings. The van der Waals surface area contributed by atoms with Crippen molar-refractivity contribution in [3.63, 3.8) is 0 Å². The Bertz CT molecular complexity index is 891. The van der Waals surface area contributed by atoms with Crippen molar-refractivity contribution in [3.05, 3.63) is 46.3 Å². The Morgan fingerprint density at radius 3 is 2.77 bits per heavy atom. The number of aromatic nitrogens is 2. The van der Waals surface area contributed by atoms with Gasteiger partial charge in [0.25, 0.3) is 5.91 Å². The highest BCUT2D eigenvalue weighted by Gasteiger charge is 2.17. The van der Waals surface area contributed by atoms with E-state index < -0.39 is 5.91 Å². The summed E-state index contributed by atoms with van der Waals surface area (Å²) in [7, 11) is 0. The van der Waals surface area contributed by atoms with Gasteiger partial charge in [-0.2, -0.15) is 0 Å². The van der Waals surface area contributed by atoms with Crippen LogP contribution in [0.4, 0.5) is 15.9 Å². The van der Waals surface area contributed by atoms with Gasteiger partial charge in [0.15, 0.2) is 0 Å². The molecule has 0 saturated carbocycles. The average Bonchev–Trinajstić information content (AvgIpc) is 2.80. The number of nitrogens with two attached hydrogens (primary N) is 1. The van der Waals surface area contributed by atoms with Crippen molar-refractivity contribution in [3.8, 4) is 0 Å². The highest BCUT2D eigenvalue weighted by molar-refractivity contribution is 7.20. The van der Waals surface area contributed by atoms with Gasteiger partial charge < -0.3 is 11.1 Å². The smallest absolute Gasteiger partial charge is 0.259 e. The van der Waals surface area contributed by atoms with Crippen molar-refractivity contribution in [1.82, 2.24) is 9.97 Å². The molecule has 0 aliphatic heterocycles. The lowest BCUT2D eigenvalue weighted by Crippen LogP contribution is -2.09. The topological polar surface area (TPSA) is 80.9 Å². The van der Waals surface area contributed by atoms with Gasteiger partial charge in [0, 0.05) is 5.69 Å². The summed E-state index contributed by atoms with van der Waals surface area (Å²) in [5, 5.41) is 3.93. The molecule has 0 bridgehead atoms. The summed E-state index contributed by atoms with van der Waals surface area (Å²) in [6.45, 7) is 3.62. The van der Waals surface area contributed by atoms with E-state index in [2.05, 4.69) is 15.3 Å². The molecule has 7 heteroatoms. The zero-order valence-electron chi connectivity index (χ0n) is 12.0. The van der Waals surface area contributed by atoms with Crippen molar-refractivity contribution in [2.45, 2.75) is 13.8 Å². The van der Waals surface area contributed by atoms with Crippen LogP contribution in [0, 0.1) is 19.7 Å². The number of thiophene rings is 1. The van der Waals surface area contributed by atoms with Crippen molar-refractivity contribution in [2.75, 3.05) is 5.32 Å². The molecule has 0 spiro atoms. The minimum atomic E-state index is -0.482. The summed E-state index contributed by atoms with van der Waals surface area (Å²) in [5.41, 5.74) is 7.63. The number of hydrogen-bond acceptors (Lipinski definition) is 5. The van der Waals surface area contributed by atoms with E-state index in [0.717, 1.165) is 22.2 Å². The molecule has 112 valence electrons. The molecule has 0 aliphatic carbocycles. The molecule has 0 aliphatic rings. The molecule has 1 amide bonds. The molecule has 2 heterocycles. The number of fused-ring (bicyclic) bond motifs is 1. The van der Waals surface area contributed by atoms with Crippen LogP contribution >= 0.6 is 11.3 Å². The molecule has 0 unspecified atom stereocenters. The number of nitrogens with zero attached hydrogens (tertiary/aromatic N) is 2. The summed E-state index contributed by atoms with van der Waals surface area (Å²) in [6, 6.07) is 4.47. The first-order valence-electron chi connectivity index (χ1n) is 6.54. The van der Waals surface area contributed by atoms with Crippen molar-refractivity contribution in [1.29, 1.82) is 0 Å². The summed E-state index contributed by atoms with van der Waals surface area (Å²) in [6.07, 6.45) is 1.42. The molecule has 0 fully saturated rings. The van der Waals surface area contributed by atoms with Gasteiger partial charge in [-0.1, -0.05) is 0 Å². The minimum Gasteiger partial charge on any atom is -0.365 e. The van der Waals surface area contributed by atoms with Crippen LogP contribution < -0.4 is 11.1 Å². The third kappa shape index (κ3) is 2.39. The number of benzene rings is 1. The normalized spacial score (nSPS) is 10.9. The summed E-state index contributed by atoms with van der Waals surface area (Å²) >= 11 is 1.24. The van der Waals surface area contributed by atoms with E-state index in [9.17, 15) is 9.18 Å². The number of rotatable bonds is 3. The quantitative estimate of drug-likeness (QED) is 0.777. The van der Waals surface area contributed by atoms with E-state index in [1.54, 1.807) is 13.0 Å². The fraction of sp³-hybridized carbons (Fsp3) is 0.133. The van der Waals surface area contributed by atoms with E-state index >= 15 is 0 Å². The fourth-order valence-electron chi connectivity index (χ4n) is 2.30. The molecule has 2 aromatic heterocycles. The van der Waals surface area contributed by atoms with E-state index in [0.29, 0.717) is 15.5 Å². The second-order valence-corrected chi connectivity index (χ2v) is 5.91. The van der Waals surface area contributed by atoms with Crippen LogP contribution in [0.15, 0.2) is 24.5 Å². The lowest BCUT2D eigenvalue weighted by molar-refractivity contribution is 0.100. The Morgan fingerprint density at radius 1 is 1.32 bits per heavy atom. The first-order valence-corrected chi connectivity index (χ1v) is 7.36. The second-order valence-electron chi connectivity index (χ2n) is 4.91. The summed E-state index contributed by atoms with van der Waals surface area (Å²) in [5.74, 6) is -0.205. The number of halogens is 1. The maximum Gasteiger partial charge on any atom is 0.259 e. The highest BCUT2D eigenvalue weighted by Crippen LogP contribution is 2.34. The predicted molar refractivity (Wildman–Crippen MR) is 85.1 cm³/mol. The van der Waals surface area contributed by atoms with Crippen molar-refractivity contribution in [2.24, 2.45) is 5.73 Å².